The maximum atomic E-state index is 5.76. The highest BCUT2D eigenvalue weighted by molar-refractivity contribution is 5.48. The number of nitrogens with one attached hydrogen (secondary N) is 1. The second-order valence-electron chi connectivity index (χ2n) is 6.12. The minimum Gasteiger partial charge on any atom is -0.493 e. The number of hydrogen-bond acceptors (Lipinski definition) is 2. The summed E-state index contributed by atoms with van der Waals surface area (Å²) in [5, 5.41) is 3.56. The van der Waals surface area contributed by atoms with Gasteiger partial charge in [0.1, 0.15) is 5.75 Å². The molecule has 0 spiro atoms. The van der Waals surface area contributed by atoms with Crippen LogP contribution < -0.4 is 10.1 Å². The van der Waals surface area contributed by atoms with Crippen molar-refractivity contribution >= 4 is 5.69 Å². The van der Waals surface area contributed by atoms with Crippen molar-refractivity contribution in [3.8, 4) is 5.75 Å². The molecule has 2 rings (SSSR count). The lowest BCUT2D eigenvalue weighted by atomic mass is 9.89. The van der Waals surface area contributed by atoms with Crippen LogP contribution in [0.5, 0.6) is 5.75 Å². The molecule has 0 atom stereocenters. The third-order valence-electron chi connectivity index (χ3n) is 3.74. The van der Waals surface area contributed by atoms with Crippen molar-refractivity contribution in [3.63, 3.8) is 0 Å². The van der Waals surface area contributed by atoms with E-state index in [-0.39, 0.29) is 0 Å². The lowest BCUT2D eigenvalue weighted by molar-refractivity contribution is 0.271. The van der Waals surface area contributed by atoms with Gasteiger partial charge in [-0.2, -0.15) is 0 Å². The molecule has 0 unspecified atom stereocenters. The summed E-state index contributed by atoms with van der Waals surface area (Å²) in [6.45, 7) is 6.23. The summed E-state index contributed by atoms with van der Waals surface area (Å²) >= 11 is 0. The fourth-order valence-corrected chi connectivity index (χ4v) is 2.61. The average molecular weight is 261 g/mol. The molecule has 0 amide bonds. The van der Waals surface area contributed by atoms with E-state index in [2.05, 4.69) is 37.4 Å². The van der Waals surface area contributed by atoms with Crippen LogP contribution in [-0.4, -0.2) is 13.2 Å². The smallest absolute Gasteiger partial charge is 0.121 e. The summed E-state index contributed by atoms with van der Waals surface area (Å²) in [4.78, 5) is 0. The first kappa shape index (κ1) is 14.2. The van der Waals surface area contributed by atoms with Crippen LogP contribution in [0.25, 0.3) is 0 Å². The summed E-state index contributed by atoms with van der Waals surface area (Å²) in [6, 6.07) is 8.35. The first-order chi connectivity index (χ1) is 9.24. The molecule has 1 N–H and O–H groups in total. The monoisotopic (exact) mass is 261 g/mol. The highest BCUT2D eigenvalue weighted by Gasteiger charge is 2.12. The molecule has 1 aromatic carbocycles. The summed E-state index contributed by atoms with van der Waals surface area (Å²) < 4.78 is 5.76. The lowest BCUT2D eigenvalue weighted by Crippen LogP contribution is -2.17. The van der Waals surface area contributed by atoms with Crippen molar-refractivity contribution in [3.05, 3.63) is 24.3 Å². The minimum absolute atomic E-state index is 0.568. The first-order valence-electron chi connectivity index (χ1n) is 7.71. The van der Waals surface area contributed by atoms with E-state index in [0.29, 0.717) is 5.92 Å². The normalized spacial score (nSPS) is 16.6. The fourth-order valence-electron chi connectivity index (χ4n) is 2.61. The Hall–Kier alpha value is -1.18. The second-order valence-corrected chi connectivity index (χ2v) is 6.12. The predicted molar refractivity (Wildman–Crippen MR) is 81.8 cm³/mol. The molecule has 1 aliphatic carbocycles. The SMILES string of the molecule is CC(C)COc1cccc(NCC2CCCCC2)c1. The number of rotatable bonds is 6. The van der Waals surface area contributed by atoms with E-state index < -0.39 is 0 Å². The second kappa shape index (κ2) is 7.42. The van der Waals surface area contributed by atoms with Crippen LogP contribution in [-0.2, 0) is 0 Å². The third-order valence-corrected chi connectivity index (χ3v) is 3.74. The molecule has 1 saturated carbocycles. The Balaban J connectivity index is 1.80. The van der Waals surface area contributed by atoms with Gasteiger partial charge < -0.3 is 10.1 Å². The standard InChI is InChI=1S/C17H27NO/c1-14(2)13-19-17-10-6-9-16(11-17)18-12-15-7-4-3-5-8-15/h6,9-11,14-15,18H,3-5,7-8,12-13H2,1-2H3. The highest BCUT2D eigenvalue weighted by Crippen LogP contribution is 2.25. The number of anilines is 1. The van der Waals surface area contributed by atoms with Crippen molar-refractivity contribution in [2.45, 2.75) is 46.0 Å². The van der Waals surface area contributed by atoms with Crippen LogP contribution in [0.15, 0.2) is 24.3 Å². The van der Waals surface area contributed by atoms with Crippen LogP contribution in [0, 0.1) is 11.8 Å². The van der Waals surface area contributed by atoms with Gasteiger partial charge in [0.15, 0.2) is 0 Å². The Morgan fingerprint density at radius 3 is 2.74 bits per heavy atom. The van der Waals surface area contributed by atoms with Gasteiger partial charge in [-0.1, -0.05) is 39.2 Å². The van der Waals surface area contributed by atoms with Crippen LogP contribution in [0.2, 0.25) is 0 Å². The Morgan fingerprint density at radius 2 is 2.00 bits per heavy atom. The van der Waals surface area contributed by atoms with Crippen LogP contribution in [0.4, 0.5) is 5.69 Å². The van der Waals surface area contributed by atoms with E-state index in [9.17, 15) is 0 Å². The van der Waals surface area contributed by atoms with Crippen molar-refractivity contribution in [1.29, 1.82) is 0 Å². The molecule has 2 nitrogen and oxygen atoms in total. The largest absolute Gasteiger partial charge is 0.493 e. The number of hydrogen-bond donors (Lipinski definition) is 1. The van der Waals surface area contributed by atoms with Gasteiger partial charge in [0.2, 0.25) is 0 Å². The molecular formula is C17H27NO. The number of benzene rings is 1. The van der Waals surface area contributed by atoms with Crippen LogP contribution >= 0.6 is 0 Å². The van der Waals surface area contributed by atoms with Crippen molar-refractivity contribution < 1.29 is 4.74 Å². The Bertz CT molecular complexity index is 369. The van der Waals surface area contributed by atoms with E-state index in [1.54, 1.807) is 0 Å². The van der Waals surface area contributed by atoms with Gasteiger partial charge in [-0.25, -0.2) is 0 Å². The maximum Gasteiger partial charge on any atom is 0.121 e. The zero-order chi connectivity index (χ0) is 13.5. The van der Waals surface area contributed by atoms with Crippen LogP contribution in [0.1, 0.15) is 46.0 Å². The van der Waals surface area contributed by atoms with Gasteiger partial charge in [-0.05, 0) is 36.8 Å². The van der Waals surface area contributed by atoms with E-state index in [0.717, 1.165) is 24.8 Å². The van der Waals surface area contributed by atoms with Gasteiger partial charge in [0, 0.05) is 18.3 Å². The zero-order valence-electron chi connectivity index (χ0n) is 12.3. The predicted octanol–water partition coefficient (Wildman–Crippen LogP) is 4.71. The van der Waals surface area contributed by atoms with Crippen molar-refractivity contribution in [1.82, 2.24) is 0 Å². The van der Waals surface area contributed by atoms with Crippen LogP contribution in [0.3, 0.4) is 0 Å². The molecule has 0 radical (unpaired) electrons. The lowest BCUT2D eigenvalue weighted by Gasteiger charge is -2.22. The summed E-state index contributed by atoms with van der Waals surface area (Å²) in [5.41, 5.74) is 1.19. The maximum absolute atomic E-state index is 5.76. The Labute approximate surface area is 117 Å². The topological polar surface area (TPSA) is 21.3 Å². The molecule has 0 aromatic heterocycles. The highest BCUT2D eigenvalue weighted by atomic mass is 16.5. The molecular weight excluding hydrogens is 234 g/mol. The molecule has 2 heteroatoms. The Morgan fingerprint density at radius 1 is 1.21 bits per heavy atom. The van der Waals surface area contributed by atoms with Crippen molar-refractivity contribution in [2.75, 3.05) is 18.5 Å². The molecule has 106 valence electrons. The van der Waals surface area contributed by atoms with Gasteiger partial charge in [-0.15, -0.1) is 0 Å². The Kier molecular flexibility index (Phi) is 5.56. The first-order valence-corrected chi connectivity index (χ1v) is 7.71. The molecule has 0 heterocycles. The minimum atomic E-state index is 0.568. The summed E-state index contributed by atoms with van der Waals surface area (Å²) in [7, 11) is 0. The molecule has 0 bridgehead atoms. The summed E-state index contributed by atoms with van der Waals surface area (Å²) in [6.07, 6.45) is 7.01. The van der Waals surface area contributed by atoms with Gasteiger partial charge in [0.25, 0.3) is 0 Å². The van der Waals surface area contributed by atoms with Gasteiger partial charge >= 0.3 is 0 Å². The summed E-state index contributed by atoms with van der Waals surface area (Å²) in [5.74, 6) is 2.40. The molecule has 0 saturated heterocycles. The molecule has 1 aliphatic rings. The van der Waals surface area contributed by atoms with Gasteiger partial charge in [0.05, 0.1) is 6.61 Å². The van der Waals surface area contributed by atoms with Gasteiger partial charge in [-0.3, -0.25) is 0 Å². The molecule has 19 heavy (non-hydrogen) atoms. The van der Waals surface area contributed by atoms with E-state index >= 15 is 0 Å². The van der Waals surface area contributed by atoms with Crippen molar-refractivity contribution in [2.24, 2.45) is 11.8 Å². The van der Waals surface area contributed by atoms with E-state index in [1.165, 1.54) is 37.8 Å². The molecule has 1 fully saturated rings. The zero-order valence-corrected chi connectivity index (χ0v) is 12.3. The third kappa shape index (κ3) is 5.14. The quantitative estimate of drug-likeness (QED) is 0.800. The van der Waals surface area contributed by atoms with E-state index in [1.807, 2.05) is 6.07 Å². The van der Waals surface area contributed by atoms with E-state index in [4.69, 9.17) is 4.74 Å². The molecule has 0 aliphatic heterocycles. The average Bonchev–Trinajstić information content (AvgIpc) is 2.44. The fraction of sp³-hybridized carbons (Fsp3) is 0.647. The number of ether oxygens (including phenoxy) is 1. The molecule has 1 aromatic rings.